The highest BCUT2D eigenvalue weighted by molar-refractivity contribution is 5.45. The van der Waals surface area contributed by atoms with Gasteiger partial charge in [-0.3, -0.25) is 0 Å². The second kappa shape index (κ2) is 4.93. The van der Waals surface area contributed by atoms with E-state index in [1.54, 1.807) is 12.3 Å². The lowest BCUT2D eigenvalue weighted by molar-refractivity contribution is 0.173. The van der Waals surface area contributed by atoms with Gasteiger partial charge in [0.15, 0.2) is 11.5 Å². The first kappa shape index (κ1) is 12.0. The largest absolute Gasteiger partial charge is 0.454 e. The van der Waals surface area contributed by atoms with Crippen molar-refractivity contribution in [3.63, 3.8) is 0 Å². The van der Waals surface area contributed by atoms with Crippen molar-refractivity contribution in [3.8, 4) is 11.5 Å². The van der Waals surface area contributed by atoms with E-state index in [1.807, 2.05) is 22.9 Å². The van der Waals surface area contributed by atoms with Crippen molar-refractivity contribution in [2.24, 2.45) is 0 Å². The second-order valence-electron chi connectivity index (χ2n) is 4.49. The molecule has 1 aliphatic heterocycles. The van der Waals surface area contributed by atoms with Gasteiger partial charge in [-0.15, -0.1) is 0 Å². The quantitative estimate of drug-likeness (QED) is 0.914. The molecule has 100 valence electrons. The van der Waals surface area contributed by atoms with Crippen LogP contribution in [0.5, 0.6) is 11.5 Å². The van der Waals surface area contributed by atoms with Crippen molar-refractivity contribution < 1.29 is 14.6 Å². The van der Waals surface area contributed by atoms with E-state index in [-0.39, 0.29) is 6.79 Å². The van der Waals surface area contributed by atoms with Gasteiger partial charge < -0.3 is 19.1 Å². The Bertz CT molecular complexity index is 580. The summed E-state index contributed by atoms with van der Waals surface area (Å²) in [4.78, 5) is 4.25. The molecule has 1 unspecified atom stereocenters. The van der Waals surface area contributed by atoms with Crippen LogP contribution in [0.25, 0.3) is 0 Å². The third-order valence-electron chi connectivity index (χ3n) is 3.17. The molecule has 2 heterocycles. The maximum atomic E-state index is 10.4. The fourth-order valence-electron chi connectivity index (χ4n) is 2.23. The van der Waals surface area contributed by atoms with Gasteiger partial charge in [0.05, 0.1) is 0 Å². The first-order valence-electron chi connectivity index (χ1n) is 6.38. The van der Waals surface area contributed by atoms with Gasteiger partial charge in [0.2, 0.25) is 6.79 Å². The smallest absolute Gasteiger partial charge is 0.231 e. The molecule has 2 aromatic rings. The number of hydrogen-bond donors (Lipinski definition) is 1. The third kappa shape index (κ3) is 2.17. The summed E-state index contributed by atoms with van der Waals surface area (Å²) in [5, 5.41) is 10.4. The number of aliphatic hydroxyl groups is 1. The molecule has 1 aromatic heterocycles. The lowest BCUT2D eigenvalue weighted by atomic mass is 10.1. The summed E-state index contributed by atoms with van der Waals surface area (Å²) >= 11 is 0. The predicted octanol–water partition coefficient (Wildman–Crippen LogP) is 2.10. The Hall–Kier alpha value is -2.01. The first-order chi connectivity index (χ1) is 9.29. The number of aliphatic hydroxyl groups excluding tert-OH is 1. The standard InChI is InChI=1S/C14H16N2O3/c1-2-6-16-7-5-15-14(16)13(17)10-3-4-11-12(8-10)19-9-18-11/h3-5,7-8,13,17H,2,6,9H2,1H3. The minimum absolute atomic E-state index is 0.235. The molecule has 0 spiro atoms. The van der Waals surface area contributed by atoms with E-state index in [2.05, 4.69) is 11.9 Å². The number of hydrogen-bond acceptors (Lipinski definition) is 4. The highest BCUT2D eigenvalue weighted by Gasteiger charge is 2.20. The Balaban J connectivity index is 1.90. The molecule has 5 nitrogen and oxygen atoms in total. The summed E-state index contributed by atoms with van der Waals surface area (Å²) in [5.41, 5.74) is 0.757. The molecule has 1 N–H and O–H groups in total. The highest BCUT2D eigenvalue weighted by atomic mass is 16.7. The van der Waals surface area contributed by atoms with Crippen LogP contribution in [0.3, 0.4) is 0 Å². The van der Waals surface area contributed by atoms with Crippen LogP contribution >= 0.6 is 0 Å². The maximum absolute atomic E-state index is 10.4. The van der Waals surface area contributed by atoms with Crippen LogP contribution in [-0.2, 0) is 6.54 Å². The normalized spacial score (nSPS) is 14.6. The second-order valence-corrected chi connectivity index (χ2v) is 4.49. The molecule has 0 radical (unpaired) electrons. The summed E-state index contributed by atoms with van der Waals surface area (Å²) in [7, 11) is 0. The molecular weight excluding hydrogens is 244 g/mol. The molecule has 5 heteroatoms. The van der Waals surface area contributed by atoms with Crippen LogP contribution in [0.15, 0.2) is 30.6 Å². The van der Waals surface area contributed by atoms with Crippen LogP contribution in [0, 0.1) is 0 Å². The number of imidazole rings is 1. The molecule has 0 aliphatic carbocycles. The van der Waals surface area contributed by atoms with Gasteiger partial charge >= 0.3 is 0 Å². The zero-order chi connectivity index (χ0) is 13.2. The summed E-state index contributed by atoms with van der Waals surface area (Å²) in [6, 6.07) is 5.45. The Kier molecular flexibility index (Phi) is 3.13. The monoisotopic (exact) mass is 260 g/mol. The van der Waals surface area contributed by atoms with E-state index in [4.69, 9.17) is 9.47 Å². The molecule has 0 saturated carbocycles. The van der Waals surface area contributed by atoms with Crippen LogP contribution in [0.2, 0.25) is 0 Å². The number of nitrogens with zero attached hydrogens (tertiary/aromatic N) is 2. The Morgan fingerprint density at radius 2 is 2.21 bits per heavy atom. The lowest BCUT2D eigenvalue weighted by Gasteiger charge is -2.13. The number of aryl methyl sites for hydroxylation is 1. The molecule has 19 heavy (non-hydrogen) atoms. The predicted molar refractivity (Wildman–Crippen MR) is 69.1 cm³/mol. The molecule has 1 aliphatic rings. The number of ether oxygens (including phenoxy) is 2. The van der Waals surface area contributed by atoms with Gasteiger partial charge in [0.25, 0.3) is 0 Å². The van der Waals surface area contributed by atoms with Gasteiger partial charge in [0.1, 0.15) is 11.9 Å². The first-order valence-corrected chi connectivity index (χ1v) is 6.38. The number of fused-ring (bicyclic) bond motifs is 1. The molecule has 0 bridgehead atoms. The van der Waals surface area contributed by atoms with Crippen LogP contribution in [0.1, 0.15) is 30.8 Å². The van der Waals surface area contributed by atoms with Crippen LogP contribution in [-0.4, -0.2) is 21.5 Å². The van der Waals surface area contributed by atoms with Crippen molar-refractivity contribution in [1.82, 2.24) is 9.55 Å². The van der Waals surface area contributed by atoms with Crippen molar-refractivity contribution in [2.45, 2.75) is 26.0 Å². The van der Waals surface area contributed by atoms with E-state index >= 15 is 0 Å². The number of benzene rings is 1. The van der Waals surface area contributed by atoms with E-state index in [0.717, 1.165) is 18.5 Å². The number of rotatable bonds is 4. The van der Waals surface area contributed by atoms with E-state index < -0.39 is 6.10 Å². The van der Waals surface area contributed by atoms with E-state index in [9.17, 15) is 5.11 Å². The van der Waals surface area contributed by atoms with E-state index in [0.29, 0.717) is 17.3 Å². The molecule has 1 aromatic carbocycles. The van der Waals surface area contributed by atoms with Gasteiger partial charge in [-0.05, 0) is 24.1 Å². The summed E-state index contributed by atoms with van der Waals surface area (Å²) in [6.07, 6.45) is 3.84. The fourth-order valence-corrected chi connectivity index (χ4v) is 2.23. The summed E-state index contributed by atoms with van der Waals surface area (Å²) in [5.74, 6) is 2.04. The minimum atomic E-state index is -0.754. The number of aromatic nitrogens is 2. The minimum Gasteiger partial charge on any atom is -0.454 e. The molecule has 0 fully saturated rings. The molecule has 3 rings (SSSR count). The average molecular weight is 260 g/mol. The Morgan fingerprint density at radius 1 is 1.37 bits per heavy atom. The Morgan fingerprint density at radius 3 is 3.05 bits per heavy atom. The zero-order valence-corrected chi connectivity index (χ0v) is 10.7. The summed E-state index contributed by atoms with van der Waals surface area (Å²) < 4.78 is 12.6. The summed E-state index contributed by atoms with van der Waals surface area (Å²) in [6.45, 7) is 3.17. The SMILES string of the molecule is CCCn1ccnc1C(O)c1ccc2c(c1)OCO2. The molecule has 0 saturated heterocycles. The molecular formula is C14H16N2O3. The van der Waals surface area contributed by atoms with Crippen LogP contribution < -0.4 is 9.47 Å². The van der Waals surface area contributed by atoms with Crippen LogP contribution in [0.4, 0.5) is 0 Å². The van der Waals surface area contributed by atoms with Crippen molar-refractivity contribution in [2.75, 3.05) is 6.79 Å². The molecule has 0 amide bonds. The average Bonchev–Trinajstić information content (AvgIpc) is 3.05. The van der Waals surface area contributed by atoms with Gasteiger partial charge in [-0.25, -0.2) is 4.98 Å². The highest BCUT2D eigenvalue weighted by Crippen LogP contribution is 2.35. The van der Waals surface area contributed by atoms with Gasteiger partial charge in [-0.1, -0.05) is 13.0 Å². The van der Waals surface area contributed by atoms with Crippen molar-refractivity contribution in [1.29, 1.82) is 0 Å². The Labute approximate surface area is 111 Å². The molecule has 1 atom stereocenters. The van der Waals surface area contributed by atoms with Gasteiger partial charge in [-0.2, -0.15) is 0 Å². The zero-order valence-electron chi connectivity index (χ0n) is 10.7. The van der Waals surface area contributed by atoms with E-state index in [1.165, 1.54) is 0 Å². The topological polar surface area (TPSA) is 56.5 Å². The fraction of sp³-hybridized carbons (Fsp3) is 0.357. The van der Waals surface area contributed by atoms with Gasteiger partial charge in [0, 0.05) is 18.9 Å². The van der Waals surface area contributed by atoms with Crippen molar-refractivity contribution >= 4 is 0 Å². The maximum Gasteiger partial charge on any atom is 0.231 e. The third-order valence-corrected chi connectivity index (χ3v) is 3.17. The lowest BCUT2D eigenvalue weighted by Crippen LogP contribution is -2.09. The van der Waals surface area contributed by atoms with Crippen molar-refractivity contribution in [3.05, 3.63) is 42.0 Å².